The molecule has 0 heterocycles. The number of rotatable bonds is 3. The molecule has 5 nitrogen and oxygen atoms in total. The Bertz CT molecular complexity index is 603. The molecule has 0 radical (unpaired) electrons. The van der Waals surface area contributed by atoms with Crippen molar-refractivity contribution >= 4 is 23.7 Å². The minimum absolute atomic E-state index is 0.379. The Balaban J connectivity index is 2.17. The van der Waals surface area contributed by atoms with Crippen LogP contribution in [-0.2, 0) is 15.0 Å². The monoisotopic (exact) mass is 325 g/mol. The van der Waals surface area contributed by atoms with Gasteiger partial charge in [-0.1, -0.05) is 17.7 Å². The maximum atomic E-state index is 12.0. The second-order valence-electron chi connectivity index (χ2n) is 6.40. The van der Waals surface area contributed by atoms with Gasteiger partial charge in [-0.15, -0.1) is 0 Å². The number of methoxy groups -OCH3 is 1. The van der Waals surface area contributed by atoms with E-state index in [4.69, 9.17) is 16.3 Å². The number of esters is 1. The van der Waals surface area contributed by atoms with Crippen LogP contribution in [0.4, 0.5) is 4.79 Å². The molecule has 120 valence electrons. The zero-order valence-electron chi connectivity index (χ0n) is 13.2. The lowest BCUT2D eigenvalue weighted by Gasteiger charge is -2.24. The fraction of sp³-hybridized carbons (Fsp3) is 0.500. The molecular weight excluding hydrogens is 306 g/mol. The minimum Gasteiger partial charge on any atom is -0.465 e. The summed E-state index contributed by atoms with van der Waals surface area (Å²) in [5.41, 5.74) is 0.101. The molecule has 6 heteroatoms. The average molecular weight is 326 g/mol. The zero-order chi connectivity index (χ0) is 16.5. The Morgan fingerprint density at radius 1 is 1.27 bits per heavy atom. The number of carbonyl (C=O) groups is 2. The largest absolute Gasteiger partial charge is 0.465 e. The van der Waals surface area contributed by atoms with E-state index in [2.05, 4.69) is 10.1 Å². The molecule has 0 spiro atoms. The van der Waals surface area contributed by atoms with Gasteiger partial charge in [-0.25, -0.2) is 9.59 Å². The molecule has 22 heavy (non-hydrogen) atoms. The van der Waals surface area contributed by atoms with Crippen molar-refractivity contribution in [2.24, 2.45) is 0 Å². The first kappa shape index (κ1) is 16.6. The van der Waals surface area contributed by atoms with E-state index >= 15 is 0 Å². The predicted octanol–water partition coefficient (Wildman–Crippen LogP) is 3.64. The molecule has 0 aliphatic heterocycles. The van der Waals surface area contributed by atoms with E-state index in [1.807, 2.05) is 20.8 Å². The van der Waals surface area contributed by atoms with Gasteiger partial charge in [0.25, 0.3) is 0 Å². The quantitative estimate of drug-likeness (QED) is 0.862. The van der Waals surface area contributed by atoms with Crippen molar-refractivity contribution < 1.29 is 19.1 Å². The van der Waals surface area contributed by atoms with E-state index in [9.17, 15) is 9.59 Å². The molecule has 1 saturated carbocycles. The molecule has 0 saturated heterocycles. The van der Waals surface area contributed by atoms with Crippen molar-refractivity contribution in [2.75, 3.05) is 7.11 Å². The van der Waals surface area contributed by atoms with Gasteiger partial charge in [0, 0.05) is 5.02 Å². The summed E-state index contributed by atoms with van der Waals surface area (Å²) in [4.78, 5) is 23.5. The van der Waals surface area contributed by atoms with Gasteiger partial charge in [-0.3, -0.25) is 0 Å². The molecular formula is C16H20ClNO4. The number of hydrogen-bond donors (Lipinski definition) is 1. The normalized spacial score (nSPS) is 15.9. The van der Waals surface area contributed by atoms with Crippen molar-refractivity contribution in [3.8, 4) is 0 Å². The molecule has 0 atom stereocenters. The number of halogens is 1. The highest BCUT2D eigenvalue weighted by Gasteiger charge is 2.47. The van der Waals surface area contributed by atoms with Crippen LogP contribution in [0.5, 0.6) is 0 Å². The van der Waals surface area contributed by atoms with Crippen molar-refractivity contribution in [2.45, 2.75) is 44.8 Å². The standard InChI is InChI=1S/C16H20ClNO4/c1-15(2,3)22-14(20)18-16(7-8-16)11-6-5-10(9-12(11)17)13(19)21-4/h5-6,9H,7-8H2,1-4H3,(H,18,20). The van der Waals surface area contributed by atoms with E-state index in [0.717, 1.165) is 18.4 Å². The van der Waals surface area contributed by atoms with Crippen LogP contribution in [0.3, 0.4) is 0 Å². The van der Waals surface area contributed by atoms with Crippen LogP contribution in [0, 0.1) is 0 Å². The van der Waals surface area contributed by atoms with Crippen LogP contribution in [0.1, 0.15) is 49.5 Å². The van der Waals surface area contributed by atoms with Gasteiger partial charge in [-0.05, 0) is 51.3 Å². The third kappa shape index (κ3) is 3.71. The molecule has 1 aliphatic rings. The first-order chi connectivity index (χ1) is 10.2. The lowest BCUT2D eigenvalue weighted by Crippen LogP contribution is -2.39. The molecule has 1 fully saturated rings. The van der Waals surface area contributed by atoms with Gasteiger partial charge >= 0.3 is 12.1 Å². The fourth-order valence-corrected chi connectivity index (χ4v) is 2.60. The maximum absolute atomic E-state index is 12.0. The van der Waals surface area contributed by atoms with E-state index in [-0.39, 0.29) is 0 Å². The first-order valence-corrected chi connectivity index (χ1v) is 7.44. The summed E-state index contributed by atoms with van der Waals surface area (Å²) in [6.07, 6.45) is 1.09. The summed E-state index contributed by atoms with van der Waals surface area (Å²) in [7, 11) is 1.32. The van der Waals surface area contributed by atoms with Gasteiger partial charge < -0.3 is 14.8 Å². The third-order valence-corrected chi connectivity index (χ3v) is 3.71. The molecule has 0 aromatic heterocycles. The van der Waals surface area contributed by atoms with E-state index in [1.165, 1.54) is 7.11 Å². The van der Waals surface area contributed by atoms with Crippen LogP contribution >= 0.6 is 11.6 Å². The Labute approximate surface area is 134 Å². The molecule has 1 aromatic rings. The lowest BCUT2D eigenvalue weighted by atomic mass is 10.0. The van der Waals surface area contributed by atoms with E-state index < -0.39 is 23.2 Å². The Morgan fingerprint density at radius 2 is 1.91 bits per heavy atom. The Kier molecular flexibility index (Phi) is 4.38. The predicted molar refractivity (Wildman–Crippen MR) is 83.1 cm³/mol. The zero-order valence-corrected chi connectivity index (χ0v) is 13.9. The smallest absolute Gasteiger partial charge is 0.408 e. The highest BCUT2D eigenvalue weighted by atomic mass is 35.5. The maximum Gasteiger partial charge on any atom is 0.408 e. The summed E-state index contributed by atoms with van der Waals surface area (Å²) in [6, 6.07) is 4.95. The Morgan fingerprint density at radius 3 is 2.36 bits per heavy atom. The van der Waals surface area contributed by atoms with Crippen LogP contribution in [0.2, 0.25) is 5.02 Å². The summed E-state index contributed by atoms with van der Waals surface area (Å²) in [6.45, 7) is 5.43. The number of alkyl carbamates (subject to hydrolysis) is 1. The molecule has 1 aromatic carbocycles. The summed E-state index contributed by atoms with van der Waals surface area (Å²) >= 11 is 6.27. The average Bonchev–Trinajstić information content (AvgIpc) is 3.15. The molecule has 0 bridgehead atoms. The second-order valence-corrected chi connectivity index (χ2v) is 6.80. The molecule has 1 amide bonds. The SMILES string of the molecule is COC(=O)c1ccc(C2(NC(=O)OC(C)(C)C)CC2)c(Cl)c1. The summed E-state index contributed by atoms with van der Waals surface area (Å²) in [5, 5.41) is 3.31. The second kappa shape index (κ2) is 5.80. The fourth-order valence-electron chi connectivity index (χ4n) is 2.23. The number of ether oxygens (including phenoxy) is 2. The Hall–Kier alpha value is -1.75. The van der Waals surface area contributed by atoms with Crippen molar-refractivity contribution in [3.63, 3.8) is 0 Å². The van der Waals surface area contributed by atoms with Crippen molar-refractivity contribution in [3.05, 3.63) is 34.3 Å². The van der Waals surface area contributed by atoms with Gasteiger partial charge in [0.1, 0.15) is 5.60 Å². The van der Waals surface area contributed by atoms with Crippen LogP contribution in [-0.4, -0.2) is 24.8 Å². The third-order valence-electron chi connectivity index (χ3n) is 3.40. The highest BCUT2D eigenvalue weighted by molar-refractivity contribution is 6.31. The summed E-state index contributed by atoms with van der Waals surface area (Å²) < 4.78 is 9.95. The first-order valence-electron chi connectivity index (χ1n) is 7.06. The van der Waals surface area contributed by atoms with Crippen molar-refractivity contribution in [1.82, 2.24) is 5.32 Å². The van der Waals surface area contributed by atoms with Crippen LogP contribution < -0.4 is 5.32 Å². The summed E-state index contributed by atoms with van der Waals surface area (Å²) in [5.74, 6) is -0.446. The van der Waals surface area contributed by atoms with E-state index in [0.29, 0.717) is 10.6 Å². The number of nitrogens with one attached hydrogen (secondary N) is 1. The van der Waals surface area contributed by atoms with Gasteiger partial charge in [0.05, 0.1) is 18.2 Å². The lowest BCUT2D eigenvalue weighted by molar-refractivity contribution is 0.0493. The van der Waals surface area contributed by atoms with Gasteiger partial charge in [0.15, 0.2) is 0 Å². The van der Waals surface area contributed by atoms with Crippen molar-refractivity contribution in [1.29, 1.82) is 0 Å². The topological polar surface area (TPSA) is 64.6 Å². The molecule has 0 unspecified atom stereocenters. The number of benzene rings is 1. The molecule has 2 rings (SSSR count). The van der Waals surface area contributed by atoms with Gasteiger partial charge in [0.2, 0.25) is 0 Å². The van der Waals surface area contributed by atoms with Crippen LogP contribution in [0.25, 0.3) is 0 Å². The number of carbonyl (C=O) groups excluding carboxylic acids is 2. The number of amides is 1. The van der Waals surface area contributed by atoms with E-state index in [1.54, 1.807) is 18.2 Å². The molecule has 1 aliphatic carbocycles. The van der Waals surface area contributed by atoms with Gasteiger partial charge in [-0.2, -0.15) is 0 Å². The van der Waals surface area contributed by atoms with Crippen LogP contribution in [0.15, 0.2) is 18.2 Å². The minimum atomic E-state index is -0.557. The molecule has 1 N–H and O–H groups in total. The number of hydrogen-bond acceptors (Lipinski definition) is 4. The highest BCUT2D eigenvalue weighted by Crippen LogP contribution is 2.48.